The molecule has 3 rings (SSSR count). The van der Waals surface area contributed by atoms with Gasteiger partial charge in [-0.3, -0.25) is 0 Å². The number of hydrogen-bond acceptors (Lipinski definition) is 5. The first kappa shape index (κ1) is 16.6. The van der Waals surface area contributed by atoms with Gasteiger partial charge < -0.3 is 19.7 Å². The Labute approximate surface area is 146 Å². The maximum Gasteiger partial charge on any atom is 0.341 e. The van der Waals surface area contributed by atoms with Crippen molar-refractivity contribution in [1.82, 2.24) is 5.32 Å². The molecule has 1 saturated heterocycles. The van der Waals surface area contributed by atoms with E-state index in [0.717, 1.165) is 31.9 Å². The lowest BCUT2D eigenvalue weighted by Gasteiger charge is -2.30. The molecular formula is C18H19ClN2O3. The van der Waals surface area contributed by atoms with Crippen LogP contribution in [0.25, 0.3) is 0 Å². The van der Waals surface area contributed by atoms with Crippen LogP contribution in [0.15, 0.2) is 42.5 Å². The van der Waals surface area contributed by atoms with Gasteiger partial charge in [-0.1, -0.05) is 23.7 Å². The zero-order valence-electron chi connectivity index (χ0n) is 13.4. The van der Waals surface area contributed by atoms with Crippen molar-refractivity contribution in [3.05, 3.63) is 53.1 Å². The molecule has 1 N–H and O–H groups in total. The molecule has 126 valence electrons. The number of nitrogens with zero attached hydrogens (tertiary/aromatic N) is 1. The van der Waals surface area contributed by atoms with Crippen molar-refractivity contribution in [3.63, 3.8) is 0 Å². The third kappa shape index (κ3) is 3.63. The largest absolute Gasteiger partial charge is 0.465 e. The van der Waals surface area contributed by atoms with Crippen molar-refractivity contribution in [2.75, 3.05) is 38.2 Å². The second kappa shape index (κ2) is 7.55. The normalized spacial score (nSPS) is 14.3. The summed E-state index contributed by atoms with van der Waals surface area (Å²) in [6.07, 6.45) is 0. The average molecular weight is 347 g/mol. The first-order chi connectivity index (χ1) is 11.7. The van der Waals surface area contributed by atoms with E-state index in [2.05, 4.69) is 10.2 Å². The van der Waals surface area contributed by atoms with E-state index in [1.165, 1.54) is 7.11 Å². The van der Waals surface area contributed by atoms with Gasteiger partial charge in [0.2, 0.25) is 0 Å². The zero-order chi connectivity index (χ0) is 16.9. The first-order valence-corrected chi connectivity index (χ1v) is 8.17. The number of esters is 1. The Morgan fingerprint density at radius 2 is 1.88 bits per heavy atom. The summed E-state index contributed by atoms with van der Waals surface area (Å²) >= 11 is 6.17. The van der Waals surface area contributed by atoms with Gasteiger partial charge in [0, 0.05) is 37.9 Å². The maximum atomic E-state index is 12.0. The van der Waals surface area contributed by atoms with Crippen LogP contribution in [0, 0.1) is 0 Å². The van der Waals surface area contributed by atoms with Crippen molar-refractivity contribution >= 4 is 23.3 Å². The minimum Gasteiger partial charge on any atom is -0.465 e. The second-order valence-electron chi connectivity index (χ2n) is 5.44. The summed E-state index contributed by atoms with van der Waals surface area (Å²) in [5.74, 6) is 0.497. The second-order valence-corrected chi connectivity index (χ2v) is 5.85. The number of piperazine rings is 1. The van der Waals surface area contributed by atoms with Crippen LogP contribution < -0.4 is 15.0 Å². The number of halogens is 1. The number of rotatable bonds is 4. The van der Waals surface area contributed by atoms with Crippen LogP contribution in [0.1, 0.15) is 10.4 Å². The van der Waals surface area contributed by atoms with Crippen molar-refractivity contribution in [3.8, 4) is 11.5 Å². The fourth-order valence-corrected chi connectivity index (χ4v) is 2.81. The topological polar surface area (TPSA) is 50.8 Å². The van der Waals surface area contributed by atoms with Crippen LogP contribution in [0.5, 0.6) is 11.5 Å². The molecule has 6 heteroatoms. The number of methoxy groups -OCH3 is 1. The molecule has 1 fully saturated rings. The number of hydrogen-bond donors (Lipinski definition) is 1. The van der Waals surface area contributed by atoms with E-state index in [1.807, 2.05) is 24.3 Å². The molecule has 0 amide bonds. The van der Waals surface area contributed by atoms with Gasteiger partial charge in [-0.25, -0.2) is 4.79 Å². The third-order valence-corrected chi connectivity index (χ3v) is 4.22. The van der Waals surface area contributed by atoms with Gasteiger partial charge in [0.25, 0.3) is 0 Å². The van der Waals surface area contributed by atoms with E-state index in [9.17, 15) is 4.79 Å². The Morgan fingerprint density at radius 1 is 1.12 bits per heavy atom. The summed E-state index contributed by atoms with van der Waals surface area (Å²) in [7, 11) is 1.35. The standard InChI is InChI=1S/C18H19ClN2O3/c1-23-18(22)14-7-6-13(21-10-8-20-9-11-21)12-17(14)24-16-5-3-2-4-15(16)19/h2-7,12,20H,8-11H2,1H3. The number of ether oxygens (including phenoxy) is 2. The number of anilines is 1. The molecule has 2 aromatic rings. The molecule has 0 aromatic heterocycles. The quantitative estimate of drug-likeness (QED) is 0.861. The highest BCUT2D eigenvalue weighted by Crippen LogP contribution is 2.34. The van der Waals surface area contributed by atoms with E-state index in [0.29, 0.717) is 22.1 Å². The molecule has 0 aliphatic carbocycles. The van der Waals surface area contributed by atoms with Gasteiger partial charge in [0.15, 0.2) is 0 Å². The number of nitrogens with one attached hydrogen (secondary N) is 1. The van der Waals surface area contributed by atoms with Crippen LogP contribution in [0.4, 0.5) is 5.69 Å². The molecule has 1 heterocycles. The Bertz CT molecular complexity index is 730. The van der Waals surface area contributed by atoms with Crippen LogP contribution in [0.2, 0.25) is 5.02 Å². The predicted molar refractivity (Wildman–Crippen MR) is 94.4 cm³/mol. The van der Waals surface area contributed by atoms with Gasteiger partial charge in [-0.05, 0) is 24.3 Å². The predicted octanol–water partition coefficient (Wildman–Crippen LogP) is 3.33. The van der Waals surface area contributed by atoms with Gasteiger partial charge in [-0.2, -0.15) is 0 Å². The molecule has 0 spiro atoms. The lowest BCUT2D eigenvalue weighted by atomic mass is 10.1. The van der Waals surface area contributed by atoms with Gasteiger partial charge >= 0.3 is 5.97 Å². The fourth-order valence-electron chi connectivity index (χ4n) is 2.64. The number of benzene rings is 2. The highest BCUT2D eigenvalue weighted by molar-refractivity contribution is 6.32. The van der Waals surface area contributed by atoms with E-state index in [-0.39, 0.29) is 0 Å². The summed E-state index contributed by atoms with van der Waals surface area (Å²) < 4.78 is 10.8. The lowest BCUT2D eigenvalue weighted by Crippen LogP contribution is -2.43. The Balaban J connectivity index is 1.96. The van der Waals surface area contributed by atoms with E-state index < -0.39 is 5.97 Å². The molecule has 2 aromatic carbocycles. The molecule has 1 aliphatic rings. The highest BCUT2D eigenvalue weighted by Gasteiger charge is 2.18. The molecular weight excluding hydrogens is 328 g/mol. The van der Waals surface area contributed by atoms with Crippen LogP contribution in [-0.2, 0) is 4.74 Å². The Morgan fingerprint density at radius 3 is 2.58 bits per heavy atom. The number of carbonyl (C=O) groups is 1. The first-order valence-electron chi connectivity index (χ1n) is 7.79. The number of carbonyl (C=O) groups excluding carboxylic acids is 1. The number of para-hydroxylation sites is 1. The summed E-state index contributed by atoms with van der Waals surface area (Å²) in [4.78, 5) is 14.3. The van der Waals surface area contributed by atoms with E-state index in [4.69, 9.17) is 21.1 Å². The summed E-state index contributed by atoms with van der Waals surface area (Å²) in [6, 6.07) is 12.7. The summed E-state index contributed by atoms with van der Waals surface area (Å²) in [5, 5.41) is 3.81. The van der Waals surface area contributed by atoms with E-state index >= 15 is 0 Å². The Kier molecular flexibility index (Phi) is 5.23. The molecule has 0 saturated carbocycles. The fraction of sp³-hybridized carbons (Fsp3) is 0.278. The van der Waals surface area contributed by atoms with Gasteiger partial charge in [0.05, 0.1) is 12.1 Å². The molecule has 0 radical (unpaired) electrons. The van der Waals surface area contributed by atoms with Crippen LogP contribution in [-0.4, -0.2) is 39.3 Å². The minimum atomic E-state index is -0.441. The molecule has 0 bridgehead atoms. The van der Waals surface area contributed by atoms with Crippen molar-refractivity contribution < 1.29 is 14.3 Å². The SMILES string of the molecule is COC(=O)c1ccc(N2CCNCC2)cc1Oc1ccccc1Cl. The van der Waals surface area contributed by atoms with Crippen molar-refractivity contribution in [2.45, 2.75) is 0 Å². The van der Waals surface area contributed by atoms with Crippen molar-refractivity contribution in [1.29, 1.82) is 0 Å². The monoisotopic (exact) mass is 346 g/mol. The third-order valence-electron chi connectivity index (χ3n) is 3.91. The molecule has 24 heavy (non-hydrogen) atoms. The summed E-state index contributed by atoms with van der Waals surface area (Å²) in [5.41, 5.74) is 1.38. The molecule has 0 atom stereocenters. The van der Waals surface area contributed by atoms with Crippen molar-refractivity contribution in [2.24, 2.45) is 0 Å². The Hall–Kier alpha value is -2.24. The zero-order valence-corrected chi connectivity index (χ0v) is 14.2. The van der Waals surface area contributed by atoms with Crippen LogP contribution in [0.3, 0.4) is 0 Å². The smallest absolute Gasteiger partial charge is 0.341 e. The maximum absolute atomic E-state index is 12.0. The van der Waals surface area contributed by atoms with Gasteiger partial charge in [0.1, 0.15) is 17.1 Å². The molecule has 5 nitrogen and oxygen atoms in total. The van der Waals surface area contributed by atoms with E-state index in [1.54, 1.807) is 18.2 Å². The lowest BCUT2D eigenvalue weighted by molar-refractivity contribution is 0.0598. The average Bonchev–Trinajstić information content (AvgIpc) is 2.63. The van der Waals surface area contributed by atoms with Gasteiger partial charge in [-0.15, -0.1) is 0 Å². The summed E-state index contributed by atoms with van der Waals surface area (Å²) in [6.45, 7) is 3.67. The minimum absolute atomic E-state index is 0.372. The highest BCUT2D eigenvalue weighted by atomic mass is 35.5. The van der Waals surface area contributed by atoms with Crippen LogP contribution >= 0.6 is 11.6 Å². The molecule has 1 aliphatic heterocycles. The molecule has 0 unspecified atom stereocenters.